The molecular formula is C32H68N6O. The lowest BCUT2D eigenvalue weighted by atomic mass is 9.89. The normalized spacial score (nSPS) is 27.2. The minimum absolute atomic E-state index is 0.176. The second-order valence-electron chi connectivity index (χ2n) is 13.9. The molecule has 1 spiro atoms. The molecule has 7 heteroatoms. The van der Waals surface area contributed by atoms with Crippen LogP contribution in [0.2, 0.25) is 0 Å². The Morgan fingerprint density at radius 3 is 2.05 bits per heavy atom. The van der Waals surface area contributed by atoms with Crippen LogP contribution >= 0.6 is 0 Å². The van der Waals surface area contributed by atoms with E-state index in [1.807, 2.05) is 7.05 Å². The largest absolute Gasteiger partial charge is 0.372 e. The summed E-state index contributed by atoms with van der Waals surface area (Å²) in [4.78, 5) is 12.5. The van der Waals surface area contributed by atoms with Crippen molar-refractivity contribution in [2.24, 2.45) is 5.92 Å². The van der Waals surface area contributed by atoms with Gasteiger partial charge in [-0.25, -0.2) is 0 Å². The number of hydrogen-bond acceptors (Lipinski definition) is 7. The number of ether oxygens (including phenoxy) is 1. The van der Waals surface area contributed by atoms with Crippen molar-refractivity contribution in [1.29, 1.82) is 0 Å². The molecule has 0 unspecified atom stereocenters. The average Bonchev–Trinajstić information content (AvgIpc) is 3.36. The molecule has 4 aliphatic rings. The van der Waals surface area contributed by atoms with Gasteiger partial charge in [-0.2, -0.15) is 0 Å². The van der Waals surface area contributed by atoms with Crippen LogP contribution < -0.4 is 5.32 Å². The van der Waals surface area contributed by atoms with Crippen LogP contribution in [0.25, 0.3) is 0 Å². The molecule has 1 N–H and O–H groups in total. The summed E-state index contributed by atoms with van der Waals surface area (Å²) in [5.74, 6) is 0.895. The van der Waals surface area contributed by atoms with E-state index in [1.165, 1.54) is 77.8 Å². The minimum Gasteiger partial charge on any atom is -0.372 e. The number of nitrogens with zero attached hydrogens (tertiary/aromatic N) is 5. The van der Waals surface area contributed by atoms with Crippen molar-refractivity contribution in [3.05, 3.63) is 0 Å². The molecule has 4 saturated heterocycles. The third kappa shape index (κ3) is 12.2. The van der Waals surface area contributed by atoms with Gasteiger partial charge in [0, 0.05) is 70.0 Å². The summed E-state index contributed by atoms with van der Waals surface area (Å²) in [7, 11) is 8.59. The molecule has 4 aliphatic heterocycles. The van der Waals surface area contributed by atoms with Crippen LogP contribution in [-0.4, -0.2) is 148 Å². The zero-order chi connectivity index (χ0) is 29.0. The van der Waals surface area contributed by atoms with Gasteiger partial charge < -0.3 is 24.8 Å². The lowest BCUT2D eigenvalue weighted by molar-refractivity contribution is -0.139. The lowest BCUT2D eigenvalue weighted by Gasteiger charge is -2.47. The van der Waals surface area contributed by atoms with E-state index in [9.17, 15) is 0 Å². The number of likely N-dealkylation sites (N-methyl/N-ethyl adjacent to an activating group) is 1. The van der Waals surface area contributed by atoms with E-state index < -0.39 is 0 Å². The van der Waals surface area contributed by atoms with Crippen LogP contribution in [0.1, 0.15) is 80.1 Å². The van der Waals surface area contributed by atoms with Gasteiger partial charge >= 0.3 is 0 Å². The third-order valence-electron chi connectivity index (χ3n) is 9.34. The molecule has 0 aliphatic carbocycles. The van der Waals surface area contributed by atoms with Gasteiger partial charge in [0.2, 0.25) is 0 Å². The summed E-state index contributed by atoms with van der Waals surface area (Å²) < 4.78 is 6.07. The SMILES string of the molecule is CC(C)N1CCC[C@@H](CN(C)C)C1.CC(C)N1CCOC2(CCN(C)CC2)C1.CNC[C@H]1CCCN1C(C)C. The van der Waals surface area contributed by atoms with Crippen molar-refractivity contribution in [3.8, 4) is 0 Å². The smallest absolute Gasteiger partial charge is 0.0833 e. The Balaban J connectivity index is 0.000000208. The molecule has 4 heterocycles. The van der Waals surface area contributed by atoms with E-state index in [2.05, 4.69) is 92.5 Å². The lowest BCUT2D eigenvalue weighted by Crippen LogP contribution is -2.57. The quantitative estimate of drug-likeness (QED) is 0.513. The fourth-order valence-corrected chi connectivity index (χ4v) is 6.87. The van der Waals surface area contributed by atoms with Crippen molar-refractivity contribution < 1.29 is 4.74 Å². The van der Waals surface area contributed by atoms with Gasteiger partial charge in [0.1, 0.15) is 0 Å². The van der Waals surface area contributed by atoms with E-state index in [-0.39, 0.29) is 5.60 Å². The van der Waals surface area contributed by atoms with Gasteiger partial charge in [0.15, 0.2) is 0 Å². The first-order valence-electron chi connectivity index (χ1n) is 16.3. The number of hydrogen-bond donors (Lipinski definition) is 1. The average molecular weight is 553 g/mol. The molecule has 0 radical (unpaired) electrons. The molecule has 4 fully saturated rings. The summed E-state index contributed by atoms with van der Waals surface area (Å²) >= 11 is 0. The minimum atomic E-state index is 0.176. The van der Waals surface area contributed by atoms with E-state index in [4.69, 9.17) is 4.74 Å². The summed E-state index contributed by atoms with van der Waals surface area (Å²) in [6.07, 6.45) is 7.96. The van der Waals surface area contributed by atoms with Gasteiger partial charge in [0.25, 0.3) is 0 Å². The Morgan fingerprint density at radius 2 is 1.49 bits per heavy atom. The van der Waals surface area contributed by atoms with Crippen molar-refractivity contribution in [1.82, 2.24) is 29.8 Å². The molecule has 0 aromatic rings. The monoisotopic (exact) mass is 553 g/mol. The number of morpholine rings is 1. The predicted molar refractivity (Wildman–Crippen MR) is 169 cm³/mol. The maximum Gasteiger partial charge on any atom is 0.0833 e. The fraction of sp³-hybridized carbons (Fsp3) is 1.00. The van der Waals surface area contributed by atoms with Crippen LogP contribution in [-0.2, 0) is 4.74 Å². The molecule has 0 saturated carbocycles. The van der Waals surface area contributed by atoms with Crippen molar-refractivity contribution in [2.45, 2.75) is 110 Å². The van der Waals surface area contributed by atoms with E-state index in [0.29, 0.717) is 6.04 Å². The Morgan fingerprint density at radius 1 is 0.846 bits per heavy atom. The Kier molecular flexibility index (Phi) is 15.8. The zero-order valence-corrected chi connectivity index (χ0v) is 27.8. The second kappa shape index (κ2) is 17.6. The van der Waals surface area contributed by atoms with Gasteiger partial charge in [-0.05, 0) is 127 Å². The maximum absolute atomic E-state index is 6.07. The number of rotatable bonds is 7. The highest BCUT2D eigenvalue weighted by Gasteiger charge is 2.39. The summed E-state index contributed by atoms with van der Waals surface area (Å²) in [5.41, 5.74) is 0.176. The van der Waals surface area contributed by atoms with Gasteiger partial charge in [-0.1, -0.05) is 0 Å². The molecular weight excluding hydrogens is 484 g/mol. The molecule has 2 atom stereocenters. The molecule has 0 bridgehead atoms. The van der Waals surface area contributed by atoms with Crippen molar-refractivity contribution >= 4 is 0 Å². The molecule has 0 amide bonds. The topological polar surface area (TPSA) is 37.5 Å². The highest BCUT2D eigenvalue weighted by atomic mass is 16.5. The zero-order valence-electron chi connectivity index (χ0n) is 27.8. The number of likely N-dealkylation sites (tertiary alicyclic amines) is 3. The first-order chi connectivity index (χ1) is 18.5. The van der Waals surface area contributed by atoms with Crippen LogP contribution in [0.15, 0.2) is 0 Å². The molecule has 7 nitrogen and oxygen atoms in total. The molecule has 39 heavy (non-hydrogen) atoms. The van der Waals surface area contributed by atoms with Crippen LogP contribution in [0, 0.1) is 5.92 Å². The standard InChI is InChI=1S/C12H24N2O.C11H24N2.C9H20N2/c1-11(2)14-8-9-15-12(10-14)4-6-13(3)7-5-12;1-10(2)13-7-5-6-11(9-13)8-12(3)4;1-8(2)11-6-4-5-9(11)7-10-3/h11H,4-10H2,1-3H3;10-11H,5-9H2,1-4H3;8-10H,4-7H2,1-3H3/t;11-;9-/m.01/s1. The van der Waals surface area contributed by atoms with E-state index in [0.717, 1.165) is 50.3 Å². The number of nitrogens with one attached hydrogen (secondary N) is 1. The highest BCUT2D eigenvalue weighted by Crippen LogP contribution is 2.30. The van der Waals surface area contributed by atoms with Crippen LogP contribution in [0.4, 0.5) is 0 Å². The molecule has 4 rings (SSSR count). The third-order valence-corrected chi connectivity index (χ3v) is 9.34. The maximum atomic E-state index is 6.07. The molecule has 232 valence electrons. The Hall–Kier alpha value is -0.280. The van der Waals surface area contributed by atoms with Gasteiger partial charge in [-0.3, -0.25) is 9.80 Å². The fourth-order valence-electron chi connectivity index (χ4n) is 6.87. The molecule has 0 aromatic carbocycles. The van der Waals surface area contributed by atoms with E-state index >= 15 is 0 Å². The van der Waals surface area contributed by atoms with Crippen molar-refractivity contribution in [3.63, 3.8) is 0 Å². The first-order valence-corrected chi connectivity index (χ1v) is 16.3. The Labute approximate surface area is 244 Å². The van der Waals surface area contributed by atoms with Crippen LogP contribution in [0.5, 0.6) is 0 Å². The second-order valence-corrected chi connectivity index (χ2v) is 13.9. The Bertz CT molecular complexity index is 634. The molecule has 0 aromatic heterocycles. The summed E-state index contributed by atoms with van der Waals surface area (Å²) in [6.45, 7) is 25.6. The predicted octanol–water partition coefficient (Wildman–Crippen LogP) is 3.94. The summed E-state index contributed by atoms with van der Waals surface area (Å²) in [6, 6.07) is 2.89. The van der Waals surface area contributed by atoms with Crippen LogP contribution in [0.3, 0.4) is 0 Å². The number of piperidine rings is 2. The highest BCUT2D eigenvalue weighted by molar-refractivity contribution is 4.93. The van der Waals surface area contributed by atoms with Crippen molar-refractivity contribution in [2.75, 3.05) is 93.7 Å². The first kappa shape index (κ1) is 34.9. The van der Waals surface area contributed by atoms with Gasteiger partial charge in [-0.15, -0.1) is 0 Å². The summed E-state index contributed by atoms with van der Waals surface area (Å²) in [5, 5.41) is 3.25. The van der Waals surface area contributed by atoms with Gasteiger partial charge in [0.05, 0.1) is 12.2 Å². The van der Waals surface area contributed by atoms with E-state index in [1.54, 1.807) is 0 Å².